The number of ether oxygens (including phenoxy) is 1. The van der Waals surface area contributed by atoms with Gasteiger partial charge in [-0.15, -0.1) is 0 Å². The summed E-state index contributed by atoms with van der Waals surface area (Å²) in [6, 6.07) is 9.84. The van der Waals surface area contributed by atoms with Crippen LogP contribution >= 0.6 is 0 Å². The molecule has 0 heterocycles. The van der Waals surface area contributed by atoms with Crippen LogP contribution in [0.1, 0.15) is 18.4 Å². The Kier molecular flexibility index (Phi) is 3.92. The Labute approximate surface area is 84.2 Å². The zero-order valence-electron chi connectivity index (χ0n) is 8.32. The van der Waals surface area contributed by atoms with Gasteiger partial charge in [0, 0.05) is 6.42 Å². The van der Waals surface area contributed by atoms with E-state index in [0.29, 0.717) is 12.8 Å². The van der Waals surface area contributed by atoms with Crippen LogP contribution in [0.2, 0.25) is 0 Å². The second-order valence-electron chi connectivity index (χ2n) is 3.05. The molecule has 2 heteroatoms. The number of carbonyl (C=O) groups excluding carboxylic acids is 1. The molecule has 0 aliphatic heterocycles. The van der Waals surface area contributed by atoms with Crippen LogP contribution in [0, 0.1) is 0 Å². The van der Waals surface area contributed by atoms with Crippen LogP contribution in [0.5, 0.6) is 0 Å². The number of rotatable bonds is 4. The van der Waals surface area contributed by atoms with Crippen LogP contribution in [0.15, 0.2) is 36.9 Å². The average Bonchev–Trinajstić information content (AvgIpc) is 2.26. The highest BCUT2D eigenvalue weighted by Gasteiger charge is 2.03. The summed E-state index contributed by atoms with van der Waals surface area (Å²) >= 11 is 0. The minimum Gasteiger partial charge on any atom is -0.469 e. The zero-order chi connectivity index (χ0) is 10.4. The van der Waals surface area contributed by atoms with Crippen LogP contribution < -0.4 is 0 Å². The summed E-state index contributed by atoms with van der Waals surface area (Å²) in [5.41, 5.74) is 2.05. The van der Waals surface area contributed by atoms with Gasteiger partial charge in [0.25, 0.3) is 0 Å². The lowest BCUT2D eigenvalue weighted by atomic mass is 10.0. The van der Waals surface area contributed by atoms with Crippen LogP contribution in [0.4, 0.5) is 0 Å². The Morgan fingerprint density at radius 3 is 2.50 bits per heavy atom. The van der Waals surface area contributed by atoms with Gasteiger partial charge in [0.15, 0.2) is 0 Å². The van der Waals surface area contributed by atoms with E-state index in [-0.39, 0.29) is 5.97 Å². The molecule has 0 aromatic heterocycles. The zero-order valence-corrected chi connectivity index (χ0v) is 8.32. The first kappa shape index (κ1) is 10.5. The molecule has 1 aromatic carbocycles. The molecule has 2 nitrogen and oxygen atoms in total. The van der Waals surface area contributed by atoms with Gasteiger partial charge in [-0.25, -0.2) is 0 Å². The van der Waals surface area contributed by atoms with E-state index in [9.17, 15) is 4.79 Å². The van der Waals surface area contributed by atoms with Gasteiger partial charge in [0.2, 0.25) is 0 Å². The third-order valence-corrected chi connectivity index (χ3v) is 2.04. The molecule has 0 fully saturated rings. The van der Waals surface area contributed by atoms with E-state index in [2.05, 4.69) is 11.3 Å². The summed E-state index contributed by atoms with van der Waals surface area (Å²) in [7, 11) is 1.40. The van der Waals surface area contributed by atoms with Gasteiger partial charge in [-0.05, 0) is 17.6 Å². The number of hydrogen-bond donors (Lipinski definition) is 0. The Bertz CT molecular complexity index is 314. The Morgan fingerprint density at radius 1 is 1.29 bits per heavy atom. The lowest BCUT2D eigenvalue weighted by Gasteiger charge is -2.04. The van der Waals surface area contributed by atoms with E-state index < -0.39 is 0 Å². The summed E-state index contributed by atoms with van der Waals surface area (Å²) in [6.07, 6.45) is 1.04. The van der Waals surface area contributed by atoms with E-state index in [0.717, 1.165) is 11.1 Å². The predicted molar refractivity (Wildman–Crippen MR) is 56.7 cm³/mol. The standard InChI is InChI=1S/C12H14O2/c1-10(8-9-12(13)14-2)11-6-4-3-5-7-11/h3-7H,1,8-9H2,2H3. The molecule has 0 radical (unpaired) electrons. The fourth-order valence-corrected chi connectivity index (χ4v) is 1.17. The molecule has 0 aliphatic carbocycles. The molecule has 1 rings (SSSR count). The number of esters is 1. The molecule has 0 spiro atoms. The molecule has 0 amide bonds. The van der Waals surface area contributed by atoms with Crippen molar-refractivity contribution in [2.45, 2.75) is 12.8 Å². The first-order valence-electron chi connectivity index (χ1n) is 4.54. The molecule has 14 heavy (non-hydrogen) atoms. The molecule has 0 unspecified atom stereocenters. The Balaban J connectivity index is 2.48. The Morgan fingerprint density at radius 2 is 1.93 bits per heavy atom. The quantitative estimate of drug-likeness (QED) is 0.682. The van der Waals surface area contributed by atoms with Gasteiger partial charge in [-0.2, -0.15) is 0 Å². The minimum atomic E-state index is -0.193. The number of hydrogen-bond acceptors (Lipinski definition) is 2. The maximum Gasteiger partial charge on any atom is 0.305 e. The second-order valence-corrected chi connectivity index (χ2v) is 3.05. The van der Waals surface area contributed by atoms with Crippen molar-refractivity contribution in [1.29, 1.82) is 0 Å². The summed E-state index contributed by atoms with van der Waals surface area (Å²) in [4.78, 5) is 10.9. The minimum absolute atomic E-state index is 0.193. The van der Waals surface area contributed by atoms with E-state index in [1.165, 1.54) is 7.11 Å². The molecular weight excluding hydrogens is 176 g/mol. The Hall–Kier alpha value is -1.57. The van der Waals surface area contributed by atoms with Gasteiger partial charge in [0.05, 0.1) is 7.11 Å². The van der Waals surface area contributed by atoms with Crippen LogP contribution in [0.3, 0.4) is 0 Å². The topological polar surface area (TPSA) is 26.3 Å². The summed E-state index contributed by atoms with van der Waals surface area (Å²) < 4.78 is 4.56. The highest BCUT2D eigenvalue weighted by Crippen LogP contribution is 2.17. The van der Waals surface area contributed by atoms with Crippen molar-refractivity contribution in [3.63, 3.8) is 0 Å². The van der Waals surface area contributed by atoms with Crippen molar-refractivity contribution in [2.24, 2.45) is 0 Å². The molecule has 0 saturated heterocycles. The normalized spacial score (nSPS) is 9.50. The highest BCUT2D eigenvalue weighted by molar-refractivity contribution is 5.73. The van der Waals surface area contributed by atoms with Crippen molar-refractivity contribution in [1.82, 2.24) is 0 Å². The maximum absolute atomic E-state index is 10.9. The number of benzene rings is 1. The first-order chi connectivity index (χ1) is 6.74. The highest BCUT2D eigenvalue weighted by atomic mass is 16.5. The maximum atomic E-state index is 10.9. The van der Waals surface area contributed by atoms with Crippen molar-refractivity contribution in [3.8, 4) is 0 Å². The van der Waals surface area contributed by atoms with E-state index in [1.54, 1.807) is 0 Å². The smallest absolute Gasteiger partial charge is 0.305 e. The molecule has 0 N–H and O–H groups in total. The predicted octanol–water partition coefficient (Wildman–Crippen LogP) is 2.65. The summed E-state index contributed by atoms with van der Waals surface area (Å²) in [5.74, 6) is -0.193. The lowest BCUT2D eigenvalue weighted by Crippen LogP contribution is -1.99. The molecule has 0 aliphatic rings. The van der Waals surface area contributed by atoms with Crippen LogP contribution in [-0.4, -0.2) is 13.1 Å². The molecule has 74 valence electrons. The van der Waals surface area contributed by atoms with Gasteiger partial charge < -0.3 is 4.74 Å². The number of carbonyl (C=O) groups is 1. The first-order valence-corrected chi connectivity index (χ1v) is 4.54. The fourth-order valence-electron chi connectivity index (χ4n) is 1.17. The third kappa shape index (κ3) is 3.05. The van der Waals surface area contributed by atoms with Crippen molar-refractivity contribution in [3.05, 3.63) is 42.5 Å². The van der Waals surface area contributed by atoms with Gasteiger partial charge in [-0.1, -0.05) is 36.9 Å². The van der Waals surface area contributed by atoms with Crippen LogP contribution in [0.25, 0.3) is 5.57 Å². The lowest BCUT2D eigenvalue weighted by molar-refractivity contribution is -0.140. The summed E-state index contributed by atoms with van der Waals surface area (Å²) in [6.45, 7) is 3.92. The fraction of sp³-hybridized carbons (Fsp3) is 0.250. The van der Waals surface area contributed by atoms with Gasteiger partial charge in [-0.3, -0.25) is 4.79 Å². The van der Waals surface area contributed by atoms with E-state index in [4.69, 9.17) is 0 Å². The SMILES string of the molecule is C=C(CCC(=O)OC)c1ccccc1. The average molecular weight is 190 g/mol. The second kappa shape index (κ2) is 5.22. The van der Waals surface area contributed by atoms with Gasteiger partial charge >= 0.3 is 5.97 Å². The van der Waals surface area contributed by atoms with Crippen molar-refractivity contribution in [2.75, 3.05) is 7.11 Å². The van der Waals surface area contributed by atoms with Crippen molar-refractivity contribution < 1.29 is 9.53 Å². The van der Waals surface area contributed by atoms with Crippen molar-refractivity contribution >= 4 is 11.5 Å². The molecule has 0 bridgehead atoms. The molecule has 0 saturated carbocycles. The third-order valence-electron chi connectivity index (χ3n) is 2.04. The molecule has 0 atom stereocenters. The summed E-state index contributed by atoms with van der Waals surface area (Å²) in [5, 5.41) is 0. The monoisotopic (exact) mass is 190 g/mol. The molecular formula is C12H14O2. The number of allylic oxidation sites excluding steroid dienone is 1. The van der Waals surface area contributed by atoms with Crippen LogP contribution in [-0.2, 0) is 9.53 Å². The van der Waals surface area contributed by atoms with Gasteiger partial charge in [0.1, 0.15) is 0 Å². The van der Waals surface area contributed by atoms with E-state index in [1.807, 2.05) is 30.3 Å². The number of methoxy groups -OCH3 is 1. The largest absolute Gasteiger partial charge is 0.469 e. The van der Waals surface area contributed by atoms with E-state index >= 15 is 0 Å². The molecule has 1 aromatic rings.